The second kappa shape index (κ2) is 8.74. The fraction of sp³-hybridized carbons (Fsp3) is 0.240. The molecule has 0 saturated heterocycles. The van der Waals surface area contributed by atoms with Gasteiger partial charge in [0.15, 0.2) is 11.6 Å². The summed E-state index contributed by atoms with van der Waals surface area (Å²) in [6.07, 6.45) is 11.3. The molecule has 0 spiro atoms. The molecule has 6 rings (SSSR count). The van der Waals surface area contributed by atoms with Crippen molar-refractivity contribution in [3.05, 3.63) is 71.8 Å². The monoisotopic (exact) mass is 489 g/mol. The van der Waals surface area contributed by atoms with E-state index in [0.29, 0.717) is 39.6 Å². The molecule has 176 valence electrons. The van der Waals surface area contributed by atoms with Crippen LogP contribution in [0.1, 0.15) is 42.2 Å². The number of rotatable bonds is 4. The first-order valence-electron chi connectivity index (χ1n) is 11.4. The van der Waals surface area contributed by atoms with E-state index < -0.39 is 0 Å². The molecule has 0 aliphatic heterocycles. The summed E-state index contributed by atoms with van der Waals surface area (Å²) in [5, 5.41) is 4.76. The smallest absolute Gasteiger partial charge is 0.270 e. The maximum Gasteiger partial charge on any atom is 0.270 e. The lowest BCUT2D eigenvalue weighted by molar-refractivity contribution is 0.0916. The van der Waals surface area contributed by atoms with Gasteiger partial charge in [0.05, 0.1) is 10.4 Å². The Kier molecular flexibility index (Phi) is 5.41. The SMILES string of the molecule is O=C(N[C@H]1CCC[C@@H](n2cc(F)c3cnc(-c4c[nH]c5ncc(Cl)cc45)nc32)C1)c1ccccn1. The number of carbonyl (C=O) groups is 1. The third-order valence-corrected chi connectivity index (χ3v) is 6.74. The number of nitrogens with one attached hydrogen (secondary N) is 2. The minimum absolute atomic E-state index is 0.00777. The third-order valence-electron chi connectivity index (χ3n) is 6.53. The van der Waals surface area contributed by atoms with Gasteiger partial charge in [0.1, 0.15) is 17.0 Å². The van der Waals surface area contributed by atoms with E-state index in [2.05, 4.69) is 25.3 Å². The van der Waals surface area contributed by atoms with Crippen LogP contribution in [0.2, 0.25) is 5.02 Å². The topological polar surface area (TPSA) is 101 Å². The largest absolute Gasteiger partial charge is 0.348 e. The molecule has 0 radical (unpaired) electrons. The Bertz CT molecular complexity index is 1550. The lowest BCUT2D eigenvalue weighted by atomic mass is 9.90. The number of fused-ring (bicyclic) bond motifs is 2. The number of H-pyrrole nitrogens is 1. The number of nitrogens with zero attached hydrogens (tertiary/aromatic N) is 5. The van der Waals surface area contributed by atoms with Gasteiger partial charge in [-0.2, -0.15) is 0 Å². The second-order valence-corrected chi connectivity index (χ2v) is 9.21. The van der Waals surface area contributed by atoms with E-state index in [0.717, 1.165) is 30.2 Å². The summed E-state index contributed by atoms with van der Waals surface area (Å²) >= 11 is 6.14. The molecule has 5 heterocycles. The third kappa shape index (κ3) is 4.01. The molecular weight excluding hydrogens is 469 g/mol. The van der Waals surface area contributed by atoms with Crippen molar-refractivity contribution in [1.82, 2.24) is 34.8 Å². The molecule has 10 heteroatoms. The Morgan fingerprint density at radius 3 is 2.94 bits per heavy atom. The van der Waals surface area contributed by atoms with Crippen LogP contribution < -0.4 is 5.32 Å². The van der Waals surface area contributed by atoms with Gasteiger partial charge in [0.25, 0.3) is 5.91 Å². The number of aromatic nitrogens is 6. The van der Waals surface area contributed by atoms with Crippen molar-refractivity contribution >= 4 is 39.6 Å². The number of halogens is 2. The van der Waals surface area contributed by atoms with Gasteiger partial charge in [-0.3, -0.25) is 9.78 Å². The normalized spacial score (nSPS) is 18.2. The van der Waals surface area contributed by atoms with Crippen molar-refractivity contribution in [3.8, 4) is 11.4 Å². The van der Waals surface area contributed by atoms with Gasteiger partial charge in [-0.25, -0.2) is 19.3 Å². The van der Waals surface area contributed by atoms with Crippen LogP contribution in [0.15, 0.2) is 55.2 Å². The zero-order valence-corrected chi connectivity index (χ0v) is 19.3. The van der Waals surface area contributed by atoms with Crippen LogP contribution in [0, 0.1) is 5.82 Å². The molecule has 1 aliphatic carbocycles. The van der Waals surface area contributed by atoms with Gasteiger partial charge < -0.3 is 14.9 Å². The Hall–Kier alpha value is -3.85. The van der Waals surface area contributed by atoms with Crippen LogP contribution in [0.3, 0.4) is 0 Å². The van der Waals surface area contributed by atoms with E-state index in [1.54, 1.807) is 42.9 Å². The van der Waals surface area contributed by atoms with E-state index in [9.17, 15) is 9.18 Å². The van der Waals surface area contributed by atoms with Crippen LogP contribution in [0.4, 0.5) is 4.39 Å². The molecule has 1 fully saturated rings. The summed E-state index contributed by atoms with van der Waals surface area (Å²) in [5.74, 6) is -0.103. The fourth-order valence-corrected chi connectivity index (χ4v) is 5.02. The highest BCUT2D eigenvalue weighted by Gasteiger charge is 2.27. The van der Waals surface area contributed by atoms with E-state index in [4.69, 9.17) is 16.6 Å². The van der Waals surface area contributed by atoms with Crippen LogP contribution in [-0.2, 0) is 0 Å². The maximum atomic E-state index is 14.9. The van der Waals surface area contributed by atoms with Crippen LogP contribution in [-0.4, -0.2) is 41.4 Å². The first kappa shape index (κ1) is 21.7. The minimum Gasteiger partial charge on any atom is -0.348 e. The molecule has 0 aromatic carbocycles. The number of amides is 1. The highest BCUT2D eigenvalue weighted by atomic mass is 35.5. The molecule has 35 heavy (non-hydrogen) atoms. The summed E-state index contributed by atoms with van der Waals surface area (Å²) in [6, 6.07) is 7.01. The molecule has 5 aromatic rings. The summed E-state index contributed by atoms with van der Waals surface area (Å²) in [6.45, 7) is 0. The highest BCUT2D eigenvalue weighted by molar-refractivity contribution is 6.31. The molecule has 5 aromatic heterocycles. The van der Waals surface area contributed by atoms with Crippen LogP contribution in [0.25, 0.3) is 33.5 Å². The highest BCUT2D eigenvalue weighted by Crippen LogP contribution is 2.34. The number of pyridine rings is 2. The molecule has 2 N–H and O–H groups in total. The van der Waals surface area contributed by atoms with E-state index >= 15 is 0 Å². The average molecular weight is 490 g/mol. The van der Waals surface area contributed by atoms with Gasteiger partial charge in [0.2, 0.25) is 0 Å². The van der Waals surface area contributed by atoms with Crippen molar-refractivity contribution in [2.24, 2.45) is 0 Å². The van der Waals surface area contributed by atoms with Crippen LogP contribution >= 0.6 is 11.6 Å². The Morgan fingerprint density at radius 2 is 2.09 bits per heavy atom. The Balaban J connectivity index is 1.32. The summed E-state index contributed by atoms with van der Waals surface area (Å²) in [4.78, 5) is 33.3. The van der Waals surface area contributed by atoms with Gasteiger partial charge in [-0.15, -0.1) is 0 Å². The van der Waals surface area contributed by atoms with Crippen molar-refractivity contribution in [3.63, 3.8) is 0 Å². The minimum atomic E-state index is -0.366. The standard InChI is InChI=1S/C25H21ClFN7O/c26-14-8-17-18(11-30-22(17)29-10-14)23-31-12-19-20(27)13-34(24(19)33-23)16-5-3-4-15(9-16)32-25(35)21-6-1-2-7-28-21/h1-2,6-8,10-13,15-16H,3-5,9H2,(H,29,30)(H,32,35)/t15-,16+/m0/s1. The number of carbonyl (C=O) groups excluding carboxylic acids is 1. The summed E-state index contributed by atoms with van der Waals surface area (Å²) < 4.78 is 16.7. The predicted octanol–water partition coefficient (Wildman–Crippen LogP) is 5.08. The maximum absolute atomic E-state index is 14.9. The van der Waals surface area contributed by atoms with E-state index in [1.807, 2.05) is 4.57 Å². The molecular formula is C25H21ClFN7O. The Labute approximate surface area is 204 Å². The molecule has 0 bridgehead atoms. The quantitative estimate of drug-likeness (QED) is 0.367. The number of hydrogen-bond acceptors (Lipinski definition) is 5. The molecule has 1 aliphatic rings. The zero-order chi connectivity index (χ0) is 23.9. The van der Waals surface area contributed by atoms with Crippen molar-refractivity contribution < 1.29 is 9.18 Å². The van der Waals surface area contributed by atoms with Gasteiger partial charge in [-0.05, 0) is 43.9 Å². The summed E-state index contributed by atoms with van der Waals surface area (Å²) in [7, 11) is 0. The first-order chi connectivity index (χ1) is 17.1. The van der Waals surface area contributed by atoms with Gasteiger partial charge >= 0.3 is 0 Å². The fourth-order valence-electron chi connectivity index (χ4n) is 4.87. The van der Waals surface area contributed by atoms with Crippen molar-refractivity contribution in [1.29, 1.82) is 0 Å². The lowest BCUT2D eigenvalue weighted by Gasteiger charge is -2.31. The molecule has 1 saturated carbocycles. The zero-order valence-electron chi connectivity index (χ0n) is 18.6. The summed E-state index contributed by atoms with van der Waals surface area (Å²) in [5.41, 5.74) is 2.33. The van der Waals surface area contributed by atoms with E-state index in [1.165, 1.54) is 12.4 Å². The second-order valence-electron chi connectivity index (χ2n) is 8.77. The predicted molar refractivity (Wildman–Crippen MR) is 131 cm³/mol. The Morgan fingerprint density at radius 1 is 1.17 bits per heavy atom. The molecule has 2 atom stereocenters. The van der Waals surface area contributed by atoms with Crippen molar-refractivity contribution in [2.45, 2.75) is 37.8 Å². The van der Waals surface area contributed by atoms with Gasteiger partial charge in [0, 0.05) is 54.0 Å². The lowest BCUT2D eigenvalue weighted by Crippen LogP contribution is -2.39. The first-order valence-corrected chi connectivity index (χ1v) is 11.8. The molecule has 8 nitrogen and oxygen atoms in total. The van der Waals surface area contributed by atoms with E-state index in [-0.39, 0.29) is 23.8 Å². The number of aromatic amines is 1. The number of hydrogen-bond donors (Lipinski definition) is 2. The van der Waals surface area contributed by atoms with Crippen LogP contribution in [0.5, 0.6) is 0 Å². The van der Waals surface area contributed by atoms with Gasteiger partial charge in [-0.1, -0.05) is 17.7 Å². The van der Waals surface area contributed by atoms with Crippen molar-refractivity contribution in [2.75, 3.05) is 0 Å². The molecule has 0 unspecified atom stereocenters. The average Bonchev–Trinajstić information content (AvgIpc) is 3.45. The molecule has 1 amide bonds.